The summed E-state index contributed by atoms with van der Waals surface area (Å²) in [4.78, 5) is 14.4. The van der Waals surface area contributed by atoms with E-state index in [1.54, 1.807) is 0 Å². The zero-order chi connectivity index (χ0) is 17.6. The molecule has 0 radical (unpaired) electrons. The van der Waals surface area contributed by atoms with Crippen molar-refractivity contribution in [1.82, 2.24) is 10.2 Å². The summed E-state index contributed by atoms with van der Waals surface area (Å²) in [6.07, 6.45) is 4.25. The van der Waals surface area contributed by atoms with Crippen LogP contribution < -0.4 is 5.32 Å². The number of likely N-dealkylation sites (tertiary alicyclic amines) is 1. The maximum Gasteiger partial charge on any atom is 0.220 e. The number of hydrogen-bond donors (Lipinski definition) is 1. The van der Waals surface area contributed by atoms with Gasteiger partial charge in [-0.15, -0.1) is 0 Å². The number of carbonyl (C=O) groups excluding carboxylic acids is 1. The molecule has 0 aliphatic carbocycles. The number of carbonyl (C=O) groups is 1. The standard InChI is InChI=1S/C19H26F2N2O2/c20-16-9-15(10-17(21)12-16)13-23-5-1-14(2-6-23)11-19(24)22-18-3-7-25-8-4-18/h9-10,12,14,18H,1-8,11,13H2,(H,22,24). The lowest BCUT2D eigenvalue weighted by Crippen LogP contribution is -2.41. The first kappa shape index (κ1) is 18.3. The van der Waals surface area contributed by atoms with Crippen LogP contribution in [-0.2, 0) is 16.1 Å². The van der Waals surface area contributed by atoms with Crippen molar-refractivity contribution in [2.75, 3.05) is 26.3 Å². The number of benzene rings is 1. The molecule has 2 heterocycles. The lowest BCUT2D eigenvalue weighted by molar-refractivity contribution is -0.123. The third-order valence-electron chi connectivity index (χ3n) is 5.10. The Kier molecular flexibility index (Phi) is 6.37. The second-order valence-corrected chi connectivity index (χ2v) is 7.16. The van der Waals surface area contributed by atoms with Crippen molar-refractivity contribution in [2.45, 2.75) is 44.7 Å². The third kappa shape index (κ3) is 5.75. The van der Waals surface area contributed by atoms with E-state index in [0.29, 0.717) is 24.4 Å². The number of ether oxygens (including phenoxy) is 1. The number of nitrogens with one attached hydrogen (secondary N) is 1. The zero-order valence-corrected chi connectivity index (χ0v) is 14.5. The molecule has 0 bridgehead atoms. The van der Waals surface area contributed by atoms with Gasteiger partial charge in [0.05, 0.1) is 0 Å². The monoisotopic (exact) mass is 352 g/mol. The Labute approximate surface area is 147 Å². The number of piperidine rings is 1. The quantitative estimate of drug-likeness (QED) is 0.886. The highest BCUT2D eigenvalue weighted by atomic mass is 19.1. The molecule has 1 aromatic carbocycles. The van der Waals surface area contributed by atoms with Gasteiger partial charge >= 0.3 is 0 Å². The van der Waals surface area contributed by atoms with E-state index < -0.39 is 11.6 Å². The van der Waals surface area contributed by atoms with Gasteiger partial charge in [0.25, 0.3) is 0 Å². The highest BCUT2D eigenvalue weighted by Crippen LogP contribution is 2.22. The van der Waals surface area contributed by atoms with Crippen LogP contribution >= 0.6 is 0 Å². The summed E-state index contributed by atoms with van der Waals surface area (Å²) in [5.74, 6) is -0.540. The van der Waals surface area contributed by atoms with Crippen molar-refractivity contribution in [1.29, 1.82) is 0 Å². The van der Waals surface area contributed by atoms with Crippen molar-refractivity contribution in [3.05, 3.63) is 35.4 Å². The predicted molar refractivity (Wildman–Crippen MR) is 91.0 cm³/mol. The van der Waals surface area contributed by atoms with Crippen molar-refractivity contribution >= 4 is 5.91 Å². The van der Waals surface area contributed by atoms with Gasteiger partial charge in [-0.05, 0) is 62.4 Å². The topological polar surface area (TPSA) is 41.6 Å². The minimum atomic E-state index is -0.533. The van der Waals surface area contributed by atoms with E-state index in [9.17, 15) is 13.6 Å². The SMILES string of the molecule is O=C(CC1CCN(Cc2cc(F)cc(F)c2)CC1)NC1CCOCC1. The Balaban J connectivity index is 1.40. The summed E-state index contributed by atoms with van der Waals surface area (Å²) < 4.78 is 31.8. The molecule has 0 atom stereocenters. The van der Waals surface area contributed by atoms with Crippen LogP contribution in [0, 0.1) is 17.6 Å². The maximum atomic E-state index is 13.3. The molecule has 2 aliphatic heterocycles. The highest BCUT2D eigenvalue weighted by Gasteiger charge is 2.23. The molecule has 138 valence electrons. The van der Waals surface area contributed by atoms with Crippen molar-refractivity contribution < 1.29 is 18.3 Å². The van der Waals surface area contributed by atoms with Crippen molar-refractivity contribution in [2.24, 2.45) is 5.92 Å². The molecular weight excluding hydrogens is 326 g/mol. The van der Waals surface area contributed by atoms with Gasteiger partial charge in [0.2, 0.25) is 5.91 Å². The molecule has 0 spiro atoms. The summed E-state index contributed by atoms with van der Waals surface area (Å²) in [7, 11) is 0. The van der Waals surface area contributed by atoms with Gasteiger partial charge in [-0.25, -0.2) is 8.78 Å². The fraction of sp³-hybridized carbons (Fsp3) is 0.632. The Bertz CT molecular complexity index is 563. The molecule has 1 amide bonds. The van der Waals surface area contributed by atoms with Crippen LogP contribution in [0.2, 0.25) is 0 Å². The Morgan fingerprint density at radius 1 is 1.08 bits per heavy atom. The molecule has 1 N–H and O–H groups in total. The average Bonchev–Trinajstić information content (AvgIpc) is 2.56. The van der Waals surface area contributed by atoms with E-state index in [1.807, 2.05) is 0 Å². The number of amides is 1. The predicted octanol–water partition coefficient (Wildman–Crippen LogP) is 2.86. The minimum absolute atomic E-state index is 0.137. The average molecular weight is 352 g/mol. The van der Waals surface area contributed by atoms with Gasteiger partial charge in [0.15, 0.2) is 0 Å². The lowest BCUT2D eigenvalue weighted by atomic mass is 9.92. The van der Waals surface area contributed by atoms with E-state index in [2.05, 4.69) is 10.2 Å². The smallest absolute Gasteiger partial charge is 0.220 e. The Morgan fingerprint density at radius 2 is 1.72 bits per heavy atom. The van der Waals surface area contributed by atoms with Gasteiger partial charge in [-0.3, -0.25) is 9.69 Å². The maximum absolute atomic E-state index is 13.3. The third-order valence-corrected chi connectivity index (χ3v) is 5.10. The summed E-state index contributed by atoms with van der Waals surface area (Å²) in [6.45, 7) is 3.71. The van der Waals surface area contributed by atoms with Crippen molar-refractivity contribution in [3.8, 4) is 0 Å². The van der Waals surface area contributed by atoms with Crippen LogP contribution in [0.15, 0.2) is 18.2 Å². The zero-order valence-electron chi connectivity index (χ0n) is 14.5. The van der Waals surface area contributed by atoms with Gasteiger partial charge in [0, 0.05) is 38.3 Å². The minimum Gasteiger partial charge on any atom is -0.381 e. The first-order valence-corrected chi connectivity index (χ1v) is 9.13. The highest BCUT2D eigenvalue weighted by molar-refractivity contribution is 5.76. The fourth-order valence-electron chi connectivity index (χ4n) is 3.70. The Morgan fingerprint density at radius 3 is 2.36 bits per heavy atom. The molecule has 6 heteroatoms. The van der Waals surface area contributed by atoms with Gasteiger partial charge in [0.1, 0.15) is 11.6 Å². The van der Waals surface area contributed by atoms with Crippen LogP contribution in [0.1, 0.15) is 37.7 Å². The van der Waals surface area contributed by atoms with Gasteiger partial charge in [-0.1, -0.05) is 0 Å². The van der Waals surface area contributed by atoms with Crippen LogP contribution in [-0.4, -0.2) is 43.2 Å². The molecule has 2 fully saturated rings. The molecule has 0 aromatic heterocycles. The summed E-state index contributed by atoms with van der Waals surface area (Å²) in [6, 6.07) is 3.92. The van der Waals surface area contributed by atoms with E-state index >= 15 is 0 Å². The molecule has 3 rings (SSSR count). The summed E-state index contributed by atoms with van der Waals surface area (Å²) in [5, 5.41) is 3.11. The van der Waals surface area contributed by atoms with Gasteiger partial charge < -0.3 is 10.1 Å². The number of halogens is 2. The molecule has 2 saturated heterocycles. The molecule has 1 aromatic rings. The van der Waals surface area contributed by atoms with E-state index in [0.717, 1.165) is 58.1 Å². The number of hydrogen-bond acceptors (Lipinski definition) is 3. The molecule has 4 nitrogen and oxygen atoms in total. The second kappa shape index (κ2) is 8.72. The first-order valence-electron chi connectivity index (χ1n) is 9.13. The number of rotatable bonds is 5. The van der Waals surface area contributed by atoms with Crippen molar-refractivity contribution in [3.63, 3.8) is 0 Å². The van der Waals surface area contributed by atoms with E-state index in [1.165, 1.54) is 12.1 Å². The lowest BCUT2D eigenvalue weighted by Gasteiger charge is -2.32. The molecule has 0 unspecified atom stereocenters. The largest absolute Gasteiger partial charge is 0.381 e. The van der Waals surface area contributed by atoms with E-state index in [4.69, 9.17) is 4.74 Å². The molecule has 2 aliphatic rings. The van der Waals surface area contributed by atoms with Crippen LogP contribution in [0.25, 0.3) is 0 Å². The number of nitrogens with zero attached hydrogens (tertiary/aromatic N) is 1. The normalized spacial score (nSPS) is 20.6. The van der Waals surface area contributed by atoms with Crippen LogP contribution in [0.5, 0.6) is 0 Å². The van der Waals surface area contributed by atoms with Crippen LogP contribution in [0.4, 0.5) is 8.78 Å². The van der Waals surface area contributed by atoms with Crippen LogP contribution in [0.3, 0.4) is 0 Å². The second-order valence-electron chi connectivity index (χ2n) is 7.16. The van der Waals surface area contributed by atoms with E-state index in [-0.39, 0.29) is 11.9 Å². The fourth-order valence-corrected chi connectivity index (χ4v) is 3.70. The Hall–Kier alpha value is -1.53. The summed E-state index contributed by atoms with van der Waals surface area (Å²) >= 11 is 0. The molecule has 0 saturated carbocycles. The first-order chi connectivity index (χ1) is 12.1. The van der Waals surface area contributed by atoms with Gasteiger partial charge in [-0.2, -0.15) is 0 Å². The molecule has 25 heavy (non-hydrogen) atoms. The summed E-state index contributed by atoms with van der Waals surface area (Å²) in [5.41, 5.74) is 0.660. The molecular formula is C19H26F2N2O2.